The van der Waals surface area contributed by atoms with Crippen molar-refractivity contribution in [3.8, 4) is 0 Å². The Morgan fingerprint density at radius 1 is 1.32 bits per heavy atom. The standard InChI is InChI=1S/C12H16N2O8/c15-4-8-9(16)10(17)11(22-8)13-6-1-5(12(18)19)2-7(3-6)14(20)21/h1-3,8-11,13-17,20H,4H2,(H,18,19)/t8-,9+,10+,11+/m0/s1. The molecule has 0 spiro atoms. The summed E-state index contributed by atoms with van der Waals surface area (Å²) in [5.41, 5.74) is -0.421. The van der Waals surface area contributed by atoms with Gasteiger partial charge >= 0.3 is 5.97 Å². The molecule has 0 saturated carbocycles. The second-order valence-corrected chi connectivity index (χ2v) is 4.81. The lowest BCUT2D eigenvalue weighted by atomic mass is 10.1. The van der Waals surface area contributed by atoms with Crippen LogP contribution in [-0.4, -0.2) is 62.7 Å². The highest BCUT2D eigenvalue weighted by atomic mass is 16.8. The molecule has 0 bridgehead atoms. The Hall–Kier alpha value is -1.79. The highest BCUT2D eigenvalue weighted by Crippen LogP contribution is 2.24. The zero-order valence-corrected chi connectivity index (χ0v) is 11.2. The molecule has 1 aliphatic rings. The average molecular weight is 316 g/mol. The third-order valence-corrected chi connectivity index (χ3v) is 3.28. The number of hydrogen-bond donors (Lipinski definition) is 7. The van der Waals surface area contributed by atoms with Gasteiger partial charge in [-0.3, -0.25) is 0 Å². The molecule has 5 atom stereocenters. The van der Waals surface area contributed by atoms with E-state index in [1.165, 1.54) is 12.1 Å². The maximum atomic E-state index is 11.0. The van der Waals surface area contributed by atoms with Gasteiger partial charge in [0, 0.05) is 17.8 Å². The summed E-state index contributed by atoms with van der Waals surface area (Å²) in [5.74, 6) is -1.31. The van der Waals surface area contributed by atoms with E-state index in [9.17, 15) is 20.2 Å². The molecular formula is C12H16N2O8. The maximum absolute atomic E-state index is 11.0. The molecule has 10 nitrogen and oxygen atoms in total. The number of aromatic carboxylic acids is 1. The molecule has 0 amide bonds. The third kappa shape index (κ3) is 3.34. The number of carboxylic acid groups (broad SMARTS) is 1. The molecule has 10 heteroatoms. The molecule has 1 heterocycles. The fourth-order valence-corrected chi connectivity index (χ4v) is 2.14. The van der Waals surface area contributed by atoms with E-state index in [1.54, 1.807) is 0 Å². The highest BCUT2D eigenvalue weighted by Gasteiger charge is 2.42. The molecule has 7 N–H and O–H groups in total. The van der Waals surface area contributed by atoms with Gasteiger partial charge in [0.15, 0.2) is 11.9 Å². The van der Waals surface area contributed by atoms with Gasteiger partial charge in [-0.2, -0.15) is 5.23 Å². The van der Waals surface area contributed by atoms with Crippen LogP contribution in [0.1, 0.15) is 10.4 Å². The SMILES string of the molecule is O=C(O)c1cc(N[C@@H]2O[C@@H](CO)[C@@H](O)[C@H]2O)cc([NH+]([O-])O)c1. The first-order chi connectivity index (χ1) is 10.3. The van der Waals surface area contributed by atoms with Gasteiger partial charge < -0.3 is 35.7 Å². The van der Waals surface area contributed by atoms with Crippen molar-refractivity contribution in [3.63, 3.8) is 0 Å². The number of nitrogens with one attached hydrogen (secondary N) is 2. The first kappa shape index (κ1) is 16.6. The number of ether oxygens (including phenoxy) is 1. The Morgan fingerprint density at radius 2 is 2.00 bits per heavy atom. The lowest BCUT2D eigenvalue weighted by Gasteiger charge is -2.19. The first-order valence-corrected chi connectivity index (χ1v) is 6.34. The normalized spacial score (nSPS) is 29.3. The van der Waals surface area contributed by atoms with E-state index in [-0.39, 0.29) is 16.9 Å². The summed E-state index contributed by atoms with van der Waals surface area (Å²) in [4.78, 5) is 11.0. The van der Waals surface area contributed by atoms with Crippen molar-refractivity contribution >= 4 is 17.3 Å². The molecule has 0 radical (unpaired) electrons. The van der Waals surface area contributed by atoms with Crippen LogP contribution in [0.3, 0.4) is 0 Å². The van der Waals surface area contributed by atoms with E-state index >= 15 is 0 Å². The van der Waals surface area contributed by atoms with Gasteiger partial charge in [-0.1, -0.05) is 0 Å². The number of anilines is 1. The Balaban J connectivity index is 2.24. The van der Waals surface area contributed by atoms with E-state index in [2.05, 4.69) is 5.32 Å². The number of quaternary nitrogens is 1. The Labute approximate surface area is 124 Å². The van der Waals surface area contributed by atoms with E-state index in [0.29, 0.717) is 0 Å². The van der Waals surface area contributed by atoms with Gasteiger partial charge in [-0.25, -0.2) is 10.0 Å². The first-order valence-electron chi connectivity index (χ1n) is 6.34. The van der Waals surface area contributed by atoms with Crippen molar-refractivity contribution in [2.75, 3.05) is 11.9 Å². The number of benzene rings is 1. The van der Waals surface area contributed by atoms with Crippen molar-refractivity contribution in [2.45, 2.75) is 24.5 Å². The van der Waals surface area contributed by atoms with Crippen LogP contribution in [0.4, 0.5) is 11.4 Å². The van der Waals surface area contributed by atoms with Gasteiger partial charge in [0.1, 0.15) is 18.3 Å². The Morgan fingerprint density at radius 3 is 2.50 bits per heavy atom. The smallest absolute Gasteiger partial charge is 0.335 e. The number of aliphatic hydroxyl groups is 3. The van der Waals surface area contributed by atoms with Gasteiger partial charge in [-0.05, 0) is 6.07 Å². The van der Waals surface area contributed by atoms with Gasteiger partial charge in [-0.15, -0.1) is 0 Å². The molecule has 2 rings (SSSR count). The molecule has 122 valence electrons. The Kier molecular flexibility index (Phi) is 4.93. The monoisotopic (exact) mass is 316 g/mol. The van der Waals surface area contributed by atoms with Crippen LogP contribution in [0.15, 0.2) is 18.2 Å². The molecule has 1 aromatic carbocycles. The molecule has 22 heavy (non-hydrogen) atoms. The van der Waals surface area contributed by atoms with E-state index in [0.717, 1.165) is 6.07 Å². The van der Waals surface area contributed by atoms with Crippen LogP contribution in [0.25, 0.3) is 0 Å². The van der Waals surface area contributed by atoms with Crippen molar-refractivity contribution < 1.29 is 40.4 Å². The fraction of sp³-hybridized carbons (Fsp3) is 0.417. The van der Waals surface area contributed by atoms with Crippen molar-refractivity contribution in [1.29, 1.82) is 0 Å². The molecule has 0 aliphatic carbocycles. The quantitative estimate of drug-likeness (QED) is 0.294. The molecule has 0 aromatic heterocycles. The van der Waals surface area contributed by atoms with Gasteiger partial charge in [0.05, 0.1) is 12.2 Å². The summed E-state index contributed by atoms with van der Waals surface area (Å²) in [6, 6.07) is 3.33. The third-order valence-electron chi connectivity index (χ3n) is 3.28. The summed E-state index contributed by atoms with van der Waals surface area (Å²) < 4.78 is 5.18. The fourth-order valence-electron chi connectivity index (χ4n) is 2.14. The zero-order chi connectivity index (χ0) is 16.4. The average Bonchev–Trinajstić information content (AvgIpc) is 2.74. The second-order valence-electron chi connectivity index (χ2n) is 4.81. The summed E-state index contributed by atoms with van der Waals surface area (Å²) >= 11 is 0. The molecule has 1 fully saturated rings. The van der Waals surface area contributed by atoms with Crippen LogP contribution in [0, 0.1) is 5.21 Å². The zero-order valence-electron chi connectivity index (χ0n) is 11.2. The van der Waals surface area contributed by atoms with Crippen LogP contribution in [0.2, 0.25) is 0 Å². The minimum atomic E-state index is -1.36. The second kappa shape index (κ2) is 6.54. The van der Waals surface area contributed by atoms with Crippen LogP contribution >= 0.6 is 0 Å². The predicted molar refractivity (Wildman–Crippen MR) is 70.6 cm³/mol. The van der Waals surface area contributed by atoms with Crippen molar-refractivity contribution in [1.82, 2.24) is 0 Å². The molecule has 1 aliphatic heterocycles. The summed E-state index contributed by atoms with van der Waals surface area (Å²) in [7, 11) is 0. The lowest BCUT2D eigenvalue weighted by Crippen LogP contribution is -2.99. The minimum absolute atomic E-state index is 0.0899. The Bertz CT molecular complexity index is 552. The highest BCUT2D eigenvalue weighted by molar-refractivity contribution is 5.89. The lowest BCUT2D eigenvalue weighted by molar-refractivity contribution is -0.991. The topological polar surface area (TPSA) is 167 Å². The van der Waals surface area contributed by atoms with Gasteiger partial charge in [0.25, 0.3) is 0 Å². The number of hydrogen-bond acceptors (Lipinski definition) is 8. The van der Waals surface area contributed by atoms with E-state index in [1.807, 2.05) is 0 Å². The van der Waals surface area contributed by atoms with Crippen LogP contribution in [0.5, 0.6) is 0 Å². The van der Waals surface area contributed by atoms with Crippen LogP contribution < -0.4 is 10.5 Å². The molecule has 1 aromatic rings. The maximum Gasteiger partial charge on any atom is 0.335 e. The number of rotatable bonds is 5. The molecule has 1 unspecified atom stereocenters. The molecular weight excluding hydrogens is 300 g/mol. The number of aliphatic hydroxyl groups excluding tert-OH is 3. The van der Waals surface area contributed by atoms with E-state index in [4.69, 9.17) is 20.2 Å². The number of carbonyl (C=O) groups is 1. The molecule has 1 saturated heterocycles. The number of carboxylic acids is 1. The minimum Gasteiger partial charge on any atom is -0.595 e. The largest absolute Gasteiger partial charge is 0.595 e. The predicted octanol–water partition coefficient (Wildman–Crippen LogP) is -2.36. The van der Waals surface area contributed by atoms with Gasteiger partial charge in [0.2, 0.25) is 0 Å². The summed E-state index contributed by atoms with van der Waals surface area (Å²) in [6.45, 7) is -0.508. The van der Waals surface area contributed by atoms with E-state index < -0.39 is 42.3 Å². The summed E-state index contributed by atoms with van der Waals surface area (Å²) in [5, 5.41) is 58.7. The van der Waals surface area contributed by atoms with Crippen LogP contribution in [-0.2, 0) is 4.74 Å². The summed E-state index contributed by atoms with van der Waals surface area (Å²) in [6.07, 6.45) is -4.78. The van der Waals surface area contributed by atoms with Crippen molar-refractivity contribution in [3.05, 3.63) is 29.0 Å². The van der Waals surface area contributed by atoms with Crippen molar-refractivity contribution in [2.24, 2.45) is 0 Å².